The molecule has 124 valence electrons. The van der Waals surface area contributed by atoms with Gasteiger partial charge in [0.15, 0.2) is 0 Å². The van der Waals surface area contributed by atoms with Gasteiger partial charge in [0.1, 0.15) is 6.10 Å². The third-order valence-electron chi connectivity index (χ3n) is 3.98. The zero-order valence-corrected chi connectivity index (χ0v) is 15.3. The highest BCUT2D eigenvalue weighted by molar-refractivity contribution is 6.35. The van der Waals surface area contributed by atoms with Gasteiger partial charge < -0.3 is 9.67 Å². The molecule has 24 heavy (non-hydrogen) atoms. The minimum absolute atomic E-state index is 0.446. The Balaban J connectivity index is 2.09. The zero-order valence-electron chi connectivity index (χ0n) is 13.0. The molecule has 0 radical (unpaired) electrons. The van der Waals surface area contributed by atoms with Crippen LogP contribution >= 0.6 is 34.8 Å². The van der Waals surface area contributed by atoms with Gasteiger partial charge in [-0.1, -0.05) is 53.0 Å². The molecular weight excluding hydrogens is 365 g/mol. The van der Waals surface area contributed by atoms with E-state index >= 15 is 0 Å². The number of aromatic nitrogens is 1. The number of benzene rings is 2. The molecule has 3 aromatic rings. The summed E-state index contributed by atoms with van der Waals surface area (Å²) in [7, 11) is 0. The van der Waals surface area contributed by atoms with E-state index < -0.39 is 6.10 Å². The minimum Gasteiger partial charge on any atom is -0.384 e. The van der Waals surface area contributed by atoms with Crippen LogP contribution in [0.15, 0.2) is 54.9 Å². The Morgan fingerprint density at radius 1 is 0.917 bits per heavy atom. The maximum Gasteiger partial charge on any atom is 0.108 e. The van der Waals surface area contributed by atoms with Crippen LogP contribution in [-0.2, 0) is 6.54 Å². The van der Waals surface area contributed by atoms with Gasteiger partial charge in [-0.3, -0.25) is 0 Å². The molecule has 0 amide bonds. The second-order valence-electron chi connectivity index (χ2n) is 5.53. The topological polar surface area (TPSA) is 25.2 Å². The van der Waals surface area contributed by atoms with Gasteiger partial charge in [0, 0.05) is 50.7 Å². The van der Waals surface area contributed by atoms with Gasteiger partial charge >= 0.3 is 0 Å². The lowest BCUT2D eigenvalue weighted by molar-refractivity contribution is 0.221. The molecule has 0 aliphatic heterocycles. The molecule has 2 aromatic carbocycles. The van der Waals surface area contributed by atoms with E-state index in [2.05, 4.69) is 6.92 Å². The molecule has 5 heteroatoms. The van der Waals surface area contributed by atoms with Crippen molar-refractivity contribution in [3.63, 3.8) is 0 Å². The van der Waals surface area contributed by atoms with Crippen molar-refractivity contribution in [1.82, 2.24) is 4.57 Å². The fraction of sp³-hybridized carbons (Fsp3) is 0.158. The number of rotatable bonds is 4. The summed E-state index contributed by atoms with van der Waals surface area (Å²) in [5.41, 5.74) is 3.37. The van der Waals surface area contributed by atoms with Crippen molar-refractivity contribution in [2.24, 2.45) is 0 Å². The summed E-state index contributed by atoms with van der Waals surface area (Å²) in [5.74, 6) is 0. The molecule has 0 bridgehead atoms. The van der Waals surface area contributed by atoms with Gasteiger partial charge in [-0.05, 0) is 36.8 Å². The Kier molecular flexibility index (Phi) is 5.21. The molecule has 0 aliphatic carbocycles. The molecule has 1 unspecified atom stereocenters. The van der Waals surface area contributed by atoms with E-state index in [0.29, 0.717) is 20.6 Å². The van der Waals surface area contributed by atoms with Crippen LogP contribution in [0.1, 0.15) is 24.2 Å². The Hall–Kier alpha value is -1.45. The lowest BCUT2D eigenvalue weighted by Gasteiger charge is -2.14. The van der Waals surface area contributed by atoms with Crippen LogP contribution in [0.3, 0.4) is 0 Å². The third-order valence-corrected chi connectivity index (χ3v) is 4.80. The second-order valence-corrected chi connectivity index (χ2v) is 6.81. The van der Waals surface area contributed by atoms with E-state index in [-0.39, 0.29) is 0 Å². The van der Waals surface area contributed by atoms with Crippen molar-refractivity contribution in [2.75, 3.05) is 0 Å². The summed E-state index contributed by atoms with van der Waals surface area (Å²) in [4.78, 5) is 0. The zero-order chi connectivity index (χ0) is 17.3. The largest absolute Gasteiger partial charge is 0.384 e. The molecule has 0 saturated carbocycles. The molecule has 2 nitrogen and oxygen atoms in total. The van der Waals surface area contributed by atoms with E-state index in [1.54, 1.807) is 18.2 Å². The van der Waals surface area contributed by atoms with E-state index in [9.17, 15) is 5.11 Å². The lowest BCUT2D eigenvalue weighted by Crippen LogP contribution is -2.01. The van der Waals surface area contributed by atoms with Crippen LogP contribution in [0, 0.1) is 0 Å². The van der Waals surface area contributed by atoms with E-state index in [0.717, 1.165) is 23.2 Å². The smallest absolute Gasteiger partial charge is 0.108 e. The summed E-state index contributed by atoms with van der Waals surface area (Å²) < 4.78 is 2.03. The van der Waals surface area contributed by atoms with Gasteiger partial charge in [-0.2, -0.15) is 0 Å². The number of hydrogen-bond acceptors (Lipinski definition) is 1. The highest BCUT2D eigenvalue weighted by atomic mass is 35.5. The monoisotopic (exact) mass is 379 g/mol. The summed E-state index contributed by atoms with van der Waals surface area (Å²) in [6.45, 7) is 2.86. The molecule has 0 aliphatic rings. The molecule has 0 saturated heterocycles. The first-order chi connectivity index (χ1) is 11.5. The highest BCUT2D eigenvalue weighted by Crippen LogP contribution is 2.36. The standard InChI is InChI=1S/C19H16Cl3NO/c1-2-23-10-16(12-3-5-13(20)6-4-12)17(11-23)19(24)15-8-7-14(21)9-18(15)22/h3-11,19,24H,2H2,1H3. The van der Waals surface area contributed by atoms with Gasteiger partial charge in [-0.25, -0.2) is 0 Å². The third kappa shape index (κ3) is 3.47. The average Bonchev–Trinajstić information content (AvgIpc) is 2.99. The molecular formula is C19H16Cl3NO. The average molecular weight is 381 g/mol. The number of aryl methyl sites for hydroxylation is 1. The minimum atomic E-state index is -0.840. The van der Waals surface area contributed by atoms with Crippen LogP contribution < -0.4 is 0 Å². The van der Waals surface area contributed by atoms with Gasteiger partial charge in [0.05, 0.1) is 0 Å². The summed E-state index contributed by atoms with van der Waals surface area (Å²) >= 11 is 18.2. The van der Waals surface area contributed by atoms with Gasteiger partial charge in [-0.15, -0.1) is 0 Å². The van der Waals surface area contributed by atoms with Crippen molar-refractivity contribution >= 4 is 34.8 Å². The number of halogens is 3. The van der Waals surface area contributed by atoms with E-state index in [4.69, 9.17) is 34.8 Å². The maximum atomic E-state index is 10.9. The van der Waals surface area contributed by atoms with Crippen LogP contribution in [-0.4, -0.2) is 9.67 Å². The van der Waals surface area contributed by atoms with Crippen molar-refractivity contribution in [1.29, 1.82) is 0 Å². The predicted molar refractivity (Wildman–Crippen MR) is 101 cm³/mol. The molecule has 1 aromatic heterocycles. The lowest BCUT2D eigenvalue weighted by atomic mass is 9.97. The van der Waals surface area contributed by atoms with E-state index in [1.165, 1.54) is 0 Å². The molecule has 1 heterocycles. The Labute approximate surface area is 156 Å². The number of nitrogens with zero attached hydrogens (tertiary/aromatic N) is 1. The maximum absolute atomic E-state index is 10.9. The van der Waals surface area contributed by atoms with Crippen molar-refractivity contribution < 1.29 is 5.11 Å². The van der Waals surface area contributed by atoms with Crippen molar-refractivity contribution in [3.05, 3.63) is 81.1 Å². The fourth-order valence-electron chi connectivity index (χ4n) is 2.69. The first-order valence-corrected chi connectivity index (χ1v) is 8.71. The molecule has 1 N–H and O–H groups in total. The predicted octanol–water partition coefficient (Wildman–Crippen LogP) is 6.22. The van der Waals surface area contributed by atoms with Crippen LogP contribution in [0.2, 0.25) is 15.1 Å². The van der Waals surface area contributed by atoms with Crippen LogP contribution in [0.5, 0.6) is 0 Å². The first kappa shape index (κ1) is 17.4. The number of hydrogen-bond donors (Lipinski definition) is 1. The molecule has 1 atom stereocenters. The van der Waals surface area contributed by atoms with Crippen LogP contribution in [0.25, 0.3) is 11.1 Å². The van der Waals surface area contributed by atoms with Crippen molar-refractivity contribution in [3.8, 4) is 11.1 Å². The highest BCUT2D eigenvalue weighted by Gasteiger charge is 2.20. The Morgan fingerprint density at radius 3 is 2.21 bits per heavy atom. The number of aliphatic hydroxyl groups excluding tert-OH is 1. The molecule has 0 fully saturated rings. The fourth-order valence-corrected chi connectivity index (χ4v) is 3.33. The summed E-state index contributed by atoms with van der Waals surface area (Å²) in [6.07, 6.45) is 3.12. The first-order valence-electron chi connectivity index (χ1n) is 7.58. The molecule has 0 spiro atoms. The van der Waals surface area contributed by atoms with Gasteiger partial charge in [0.25, 0.3) is 0 Å². The Morgan fingerprint density at radius 2 is 1.58 bits per heavy atom. The molecule has 3 rings (SSSR count). The van der Waals surface area contributed by atoms with Gasteiger partial charge in [0.2, 0.25) is 0 Å². The van der Waals surface area contributed by atoms with Crippen LogP contribution in [0.4, 0.5) is 0 Å². The van der Waals surface area contributed by atoms with Crippen molar-refractivity contribution in [2.45, 2.75) is 19.6 Å². The van der Waals surface area contributed by atoms with E-state index in [1.807, 2.05) is 41.2 Å². The second kappa shape index (κ2) is 7.20. The number of aliphatic hydroxyl groups is 1. The Bertz CT molecular complexity index is 856. The SMILES string of the molecule is CCn1cc(-c2ccc(Cl)cc2)c(C(O)c2ccc(Cl)cc2Cl)c1. The normalized spacial score (nSPS) is 12.4. The summed E-state index contributed by atoms with van der Waals surface area (Å²) in [6, 6.07) is 12.7. The summed E-state index contributed by atoms with van der Waals surface area (Å²) in [5, 5.41) is 12.6. The quantitative estimate of drug-likeness (QED) is 0.571.